The zero-order valence-corrected chi connectivity index (χ0v) is 17.3. The zero-order chi connectivity index (χ0) is 19.7. The number of fused-ring (bicyclic) bond motifs is 1. The molecule has 136 valence electrons. The van der Waals surface area contributed by atoms with Crippen molar-refractivity contribution >= 4 is 61.5 Å². The van der Waals surface area contributed by atoms with Crippen LogP contribution >= 0.6 is 38.9 Å². The fourth-order valence-corrected chi connectivity index (χ4v) is 4.06. The van der Waals surface area contributed by atoms with Crippen LogP contribution in [0.5, 0.6) is 0 Å². The Morgan fingerprint density at radius 1 is 1.25 bits per heavy atom. The van der Waals surface area contributed by atoms with Crippen molar-refractivity contribution < 1.29 is 4.42 Å². The van der Waals surface area contributed by atoms with Gasteiger partial charge in [0.05, 0.1) is 16.8 Å². The van der Waals surface area contributed by atoms with Crippen LogP contribution in [0.1, 0.15) is 10.6 Å². The Hall–Kier alpha value is -2.72. The van der Waals surface area contributed by atoms with Crippen LogP contribution in [0.2, 0.25) is 5.02 Å². The van der Waals surface area contributed by atoms with E-state index in [2.05, 4.69) is 27.0 Å². The zero-order valence-electron chi connectivity index (χ0n) is 14.1. The number of thiazole rings is 1. The van der Waals surface area contributed by atoms with Crippen LogP contribution < -0.4 is 5.63 Å². The Morgan fingerprint density at radius 2 is 2.11 bits per heavy atom. The molecular weight excluding hydrogens is 460 g/mol. The second kappa shape index (κ2) is 7.72. The van der Waals surface area contributed by atoms with E-state index >= 15 is 0 Å². The van der Waals surface area contributed by atoms with Crippen molar-refractivity contribution in [3.05, 3.63) is 84.4 Å². The molecule has 28 heavy (non-hydrogen) atoms. The SMILES string of the molecule is N#C/C(=C\c1cccc(Cl)c1)c1nc(-c2cc3cc(Br)ccc3oc2=O)cs1. The normalized spacial score (nSPS) is 11.5. The van der Waals surface area contributed by atoms with Gasteiger partial charge in [-0.05, 0) is 48.0 Å². The Bertz CT molecular complexity index is 1330. The van der Waals surface area contributed by atoms with Crippen molar-refractivity contribution in [1.29, 1.82) is 5.26 Å². The number of nitriles is 1. The Morgan fingerprint density at radius 3 is 2.89 bits per heavy atom. The molecule has 2 heterocycles. The number of benzene rings is 2. The van der Waals surface area contributed by atoms with Gasteiger partial charge in [-0.3, -0.25) is 0 Å². The lowest BCUT2D eigenvalue weighted by Gasteiger charge is -2.00. The molecule has 0 aliphatic carbocycles. The predicted molar refractivity (Wildman–Crippen MR) is 116 cm³/mol. The maximum atomic E-state index is 12.4. The summed E-state index contributed by atoms with van der Waals surface area (Å²) < 4.78 is 6.29. The second-order valence-electron chi connectivity index (χ2n) is 5.89. The Balaban J connectivity index is 1.77. The van der Waals surface area contributed by atoms with Gasteiger partial charge in [-0.25, -0.2) is 9.78 Å². The number of halogens is 2. The van der Waals surface area contributed by atoms with Crippen LogP contribution in [-0.4, -0.2) is 4.98 Å². The standard InChI is InChI=1S/C21H10BrClN2O2S/c22-15-4-5-19-13(8-15)9-17(21(26)27-19)18-11-28-20(25-18)14(10-24)6-12-2-1-3-16(23)7-12/h1-9,11H/b14-6+. The first-order valence-corrected chi connectivity index (χ1v) is 10.2. The monoisotopic (exact) mass is 468 g/mol. The number of nitrogens with zero attached hydrogens (tertiary/aromatic N) is 2. The van der Waals surface area contributed by atoms with Gasteiger partial charge in [0.1, 0.15) is 16.7 Å². The van der Waals surface area contributed by atoms with Crippen molar-refractivity contribution in [2.45, 2.75) is 0 Å². The molecule has 0 saturated heterocycles. The molecule has 0 atom stereocenters. The summed E-state index contributed by atoms with van der Waals surface area (Å²) in [5, 5.41) is 13.2. The average Bonchev–Trinajstić information content (AvgIpc) is 3.15. The number of rotatable bonds is 3. The molecule has 0 aliphatic heterocycles. The lowest BCUT2D eigenvalue weighted by atomic mass is 10.1. The molecule has 0 radical (unpaired) electrons. The van der Waals surface area contributed by atoms with E-state index in [1.54, 1.807) is 35.7 Å². The molecule has 2 aromatic heterocycles. The van der Waals surface area contributed by atoms with Crippen LogP contribution in [-0.2, 0) is 0 Å². The van der Waals surface area contributed by atoms with Gasteiger partial charge in [0.15, 0.2) is 0 Å². The average molecular weight is 470 g/mol. The van der Waals surface area contributed by atoms with Gasteiger partial charge in [-0.2, -0.15) is 5.26 Å². The third-order valence-corrected chi connectivity index (χ3v) is 5.59. The molecule has 4 aromatic rings. The first-order chi connectivity index (χ1) is 13.5. The molecule has 0 amide bonds. The first-order valence-electron chi connectivity index (χ1n) is 8.10. The summed E-state index contributed by atoms with van der Waals surface area (Å²) in [6.07, 6.45) is 1.72. The highest BCUT2D eigenvalue weighted by molar-refractivity contribution is 9.10. The fraction of sp³-hybridized carbons (Fsp3) is 0. The molecule has 0 fully saturated rings. The van der Waals surface area contributed by atoms with Crippen LogP contribution in [0.15, 0.2) is 67.6 Å². The van der Waals surface area contributed by atoms with E-state index in [0.717, 1.165) is 15.4 Å². The smallest absolute Gasteiger partial charge is 0.345 e. The number of hydrogen-bond acceptors (Lipinski definition) is 5. The van der Waals surface area contributed by atoms with Gasteiger partial charge >= 0.3 is 5.63 Å². The summed E-state index contributed by atoms with van der Waals surface area (Å²) in [5.41, 5.74) is 2.06. The molecular formula is C21H10BrClN2O2S. The number of hydrogen-bond donors (Lipinski definition) is 0. The highest BCUT2D eigenvalue weighted by Gasteiger charge is 2.14. The van der Waals surface area contributed by atoms with Crippen LogP contribution in [0.3, 0.4) is 0 Å². The highest BCUT2D eigenvalue weighted by Crippen LogP contribution is 2.28. The quantitative estimate of drug-likeness (QED) is 0.257. The topological polar surface area (TPSA) is 66.9 Å². The van der Waals surface area contributed by atoms with E-state index in [0.29, 0.717) is 32.4 Å². The lowest BCUT2D eigenvalue weighted by molar-refractivity contribution is 0.563. The molecule has 0 bridgehead atoms. The second-order valence-corrected chi connectivity index (χ2v) is 8.10. The van der Waals surface area contributed by atoms with E-state index in [4.69, 9.17) is 16.0 Å². The molecule has 4 nitrogen and oxygen atoms in total. The molecule has 0 N–H and O–H groups in total. The molecule has 0 saturated carbocycles. The summed E-state index contributed by atoms with van der Waals surface area (Å²) in [4.78, 5) is 16.9. The van der Waals surface area contributed by atoms with Crippen LogP contribution in [0, 0.1) is 11.3 Å². The molecule has 0 unspecified atom stereocenters. The van der Waals surface area contributed by atoms with Crippen LogP contribution in [0.25, 0.3) is 33.9 Å². The van der Waals surface area contributed by atoms with Crippen molar-refractivity contribution in [3.63, 3.8) is 0 Å². The maximum Gasteiger partial charge on any atom is 0.345 e. The molecule has 0 spiro atoms. The largest absolute Gasteiger partial charge is 0.422 e. The summed E-state index contributed by atoms with van der Waals surface area (Å²) >= 11 is 10.7. The summed E-state index contributed by atoms with van der Waals surface area (Å²) in [5.74, 6) is 0. The predicted octanol–water partition coefficient (Wildman–Crippen LogP) is 6.40. The van der Waals surface area contributed by atoms with Gasteiger partial charge in [-0.1, -0.05) is 39.7 Å². The molecule has 0 aliphatic rings. The molecule has 2 aromatic carbocycles. The van der Waals surface area contributed by atoms with Gasteiger partial charge in [-0.15, -0.1) is 11.3 Å². The Kier molecular flexibility index (Phi) is 5.14. The minimum Gasteiger partial charge on any atom is -0.422 e. The summed E-state index contributed by atoms with van der Waals surface area (Å²) in [6, 6.07) is 16.5. The maximum absolute atomic E-state index is 12.4. The lowest BCUT2D eigenvalue weighted by Crippen LogP contribution is -2.02. The van der Waals surface area contributed by atoms with Gasteiger partial charge in [0.25, 0.3) is 0 Å². The summed E-state index contributed by atoms with van der Waals surface area (Å²) in [7, 11) is 0. The van der Waals surface area contributed by atoms with Crippen molar-refractivity contribution in [2.75, 3.05) is 0 Å². The van der Waals surface area contributed by atoms with E-state index in [1.807, 2.05) is 24.3 Å². The van der Waals surface area contributed by atoms with Gasteiger partial charge in [0, 0.05) is 20.3 Å². The number of allylic oxidation sites excluding steroid dienone is 1. The minimum absolute atomic E-state index is 0.355. The fourth-order valence-electron chi connectivity index (χ4n) is 2.70. The van der Waals surface area contributed by atoms with Crippen LogP contribution in [0.4, 0.5) is 0 Å². The van der Waals surface area contributed by atoms with E-state index in [1.165, 1.54) is 11.3 Å². The van der Waals surface area contributed by atoms with E-state index < -0.39 is 5.63 Å². The third kappa shape index (κ3) is 3.78. The third-order valence-electron chi connectivity index (χ3n) is 3.98. The van der Waals surface area contributed by atoms with Crippen molar-refractivity contribution in [1.82, 2.24) is 4.98 Å². The highest BCUT2D eigenvalue weighted by atomic mass is 79.9. The van der Waals surface area contributed by atoms with Gasteiger partial charge in [0.2, 0.25) is 0 Å². The van der Waals surface area contributed by atoms with E-state index in [9.17, 15) is 10.1 Å². The van der Waals surface area contributed by atoms with Crippen molar-refractivity contribution in [2.24, 2.45) is 0 Å². The summed E-state index contributed by atoms with van der Waals surface area (Å²) in [6.45, 7) is 0. The first kappa shape index (κ1) is 18.6. The van der Waals surface area contributed by atoms with E-state index in [-0.39, 0.29) is 0 Å². The van der Waals surface area contributed by atoms with Crippen molar-refractivity contribution in [3.8, 4) is 17.3 Å². The number of aromatic nitrogens is 1. The molecule has 7 heteroatoms. The molecule has 4 rings (SSSR count). The Labute approximate surface area is 177 Å². The minimum atomic E-state index is -0.469. The van der Waals surface area contributed by atoms with Gasteiger partial charge < -0.3 is 4.42 Å².